The average Bonchev–Trinajstić information content (AvgIpc) is 3.50. The molecular formula is C32H37F2N5O6S. The first kappa shape index (κ1) is 34.2. The number of amides is 4. The molecule has 1 aliphatic rings. The number of benzene rings is 3. The highest BCUT2D eigenvalue weighted by atomic mass is 32.2. The van der Waals surface area contributed by atoms with Gasteiger partial charge in [0.25, 0.3) is 0 Å². The lowest BCUT2D eigenvalue weighted by molar-refractivity contribution is -0.133. The van der Waals surface area contributed by atoms with Crippen LogP contribution in [0.1, 0.15) is 60.3 Å². The number of urea groups is 1. The van der Waals surface area contributed by atoms with Crippen molar-refractivity contribution in [3.05, 3.63) is 82.9 Å². The topological polar surface area (TPSA) is 151 Å². The molecule has 1 heterocycles. The summed E-state index contributed by atoms with van der Waals surface area (Å²) in [5.74, 6) is -3.00. The molecular weight excluding hydrogens is 620 g/mol. The van der Waals surface area contributed by atoms with Crippen LogP contribution in [-0.4, -0.2) is 69.1 Å². The number of methoxy groups -OCH3 is 1. The van der Waals surface area contributed by atoms with E-state index < -0.39 is 56.7 Å². The number of sulfone groups is 1. The summed E-state index contributed by atoms with van der Waals surface area (Å²) in [6, 6.07) is 9.12. The minimum atomic E-state index is -3.84. The number of likely N-dealkylation sites (tertiary alicyclic amines) is 1. The molecule has 14 heteroatoms. The molecule has 46 heavy (non-hydrogen) atoms. The van der Waals surface area contributed by atoms with E-state index in [1.807, 2.05) is 0 Å². The van der Waals surface area contributed by atoms with Crippen molar-refractivity contribution in [1.29, 1.82) is 0 Å². The van der Waals surface area contributed by atoms with Crippen LogP contribution >= 0.6 is 0 Å². The summed E-state index contributed by atoms with van der Waals surface area (Å²) in [5.41, 5.74) is 6.06. The van der Waals surface area contributed by atoms with Gasteiger partial charge >= 0.3 is 6.03 Å². The van der Waals surface area contributed by atoms with E-state index in [-0.39, 0.29) is 34.0 Å². The minimum Gasteiger partial charge on any atom is -0.494 e. The monoisotopic (exact) mass is 657 g/mol. The van der Waals surface area contributed by atoms with Crippen molar-refractivity contribution in [2.45, 2.75) is 48.9 Å². The van der Waals surface area contributed by atoms with Crippen molar-refractivity contribution in [1.82, 2.24) is 9.80 Å². The molecule has 4 amide bonds. The molecule has 0 unspecified atom stereocenters. The van der Waals surface area contributed by atoms with Gasteiger partial charge in [0.05, 0.1) is 29.0 Å². The molecule has 0 aromatic heterocycles. The molecule has 4 rings (SSSR count). The van der Waals surface area contributed by atoms with Gasteiger partial charge in [-0.3, -0.25) is 9.59 Å². The molecule has 0 saturated carbocycles. The molecule has 0 bridgehead atoms. The predicted molar refractivity (Wildman–Crippen MR) is 169 cm³/mol. The first-order chi connectivity index (χ1) is 21.6. The van der Waals surface area contributed by atoms with E-state index in [1.54, 1.807) is 34.0 Å². The Balaban J connectivity index is 1.84. The Hall–Kier alpha value is -4.72. The maximum absolute atomic E-state index is 15.0. The highest BCUT2D eigenvalue weighted by Gasteiger charge is 2.38. The third-order valence-corrected chi connectivity index (χ3v) is 10.0. The molecule has 0 radical (unpaired) electrons. The van der Waals surface area contributed by atoms with Crippen molar-refractivity contribution in [3.8, 4) is 5.75 Å². The van der Waals surface area contributed by atoms with Gasteiger partial charge in [0.1, 0.15) is 11.9 Å². The zero-order valence-electron chi connectivity index (χ0n) is 26.1. The van der Waals surface area contributed by atoms with Crippen LogP contribution in [-0.2, 0) is 14.6 Å². The minimum absolute atomic E-state index is 0.00838. The molecule has 246 valence electrons. The Morgan fingerprint density at radius 3 is 2.35 bits per heavy atom. The van der Waals surface area contributed by atoms with Crippen LogP contribution in [0, 0.1) is 11.6 Å². The second-order valence-electron chi connectivity index (χ2n) is 11.4. The van der Waals surface area contributed by atoms with Crippen LogP contribution < -0.4 is 21.1 Å². The van der Waals surface area contributed by atoms with E-state index in [4.69, 9.17) is 10.5 Å². The van der Waals surface area contributed by atoms with E-state index >= 15 is 4.39 Å². The SMILES string of the molecule is COc1cc([C@@H](Nc2cc(C(N)=O)ccc2F)C(=O)N2CCC[C@@H]2c2cc(NC(=O)N(C)C)ccc2S(=O)(=O)C(C)C)ccc1F. The number of hydrogen-bond donors (Lipinski definition) is 3. The Morgan fingerprint density at radius 1 is 1.02 bits per heavy atom. The van der Waals surface area contributed by atoms with E-state index in [0.717, 1.165) is 12.1 Å². The number of anilines is 2. The number of hydrogen-bond acceptors (Lipinski definition) is 7. The summed E-state index contributed by atoms with van der Waals surface area (Å²) in [4.78, 5) is 41.6. The second kappa shape index (κ2) is 13.7. The van der Waals surface area contributed by atoms with Gasteiger partial charge in [-0.2, -0.15) is 0 Å². The van der Waals surface area contributed by atoms with Crippen LogP contribution in [0.4, 0.5) is 25.0 Å². The molecule has 1 fully saturated rings. The number of nitrogens with two attached hydrogens (primary N) is 1. The van der Waals surface area contributed by atoms with Crippen LogP contribution in [0.15, 0.2) is 59.5 Å². The number of carbonyl (C=O) groups is 3. The fourth-order valence-corrected chi connectivity index (χ4v) is 6.53. The van der Waals surface area contributed by atoms with E-state index in [0.29, 0.717) is 24.1 Å². The number of primary amides is 1. The zero-order valence-corrected chi connectivity index (χ0v) is 27.0. The molecule has 11 nitrogen and oxygen atoms in total. The number of rotatable bonds is 10. The van der Waals surface area contributed by atoms with E-state index in [9.17, 15) is 27.2 Å². The first-order valence-corrected chi connectivity index (χ1v) is 16.1. The van der Waals surface area contributed by atoms with Gasteiger partial charge in [0.2, 0.25) is 11.8 Å². The largest absolute Gasteiger partial charge is 0.494 e. The van der Waals surface area contributed by atoms with Crippen molar-refractivity contribution in [2.24, 2.45) is 5.73 Å². The molecule has 3 aromatic rings. The number of nitrogens with one attached hydrogen (secondary N) is 2. The normalized spacial score (nSPS) is 15.4. The summed E-state index contributed by atoms with van der Waals surface area (Å²) in [5, 5.41) is 4.81. The van der Waals surface area contributed by atoms with E-state index in [1.165, 1.54) is 53.3 Å². The highest BCUT2D eigenvalue weighted by molar-refractivity contribution is 7.92. The van der Waals surface area contributed by atoms with Crippen molar-refractivity contribution < 1.29 is 36.3 Å². The third kappa shape index (κ3) is 7.06. The van der Waals surface area contributed by atoms with Gasteiger partial charge in [-0.1, -0.05) is 6.07 Å². The third-order valence-electron chi connectivity index (χ3n) is 7.80. The fourth-order valence-electron chi connectivity index (χ4n) is 5.24. The van der Waals surface area contributed by atoms with E-state index in [2.05, 4.69) is 10.6 Å². The molecule has 0 spiro atoms. The molecule has 4 N–H and O–H groups in total. The Morgan fingerprint density at radius 2 is 1.72 bits per heavy atom. The Labute approximate surface area is 266 Å². The quantitative estimate of drug-likeness (QED) is 0.282. The van der Waals surface area contributed by atoms with Crippen LogP contribution in [0.3, 0.4) is 0 Å². The smallest absolute Gasteiger partial charge is 0.321 e. The molecule has 2 atom stereocenters. The first-order valence-electron chi connectivity index (χ1n) is 14.5. The van der Waals surface area contributed by atoms with Crippen molar-refractivity contribution in [3.63, 3.8) is 0 Å². The number of carbonyl (C=O) groups excluding carboxylic acids is 3. The summed E-state index contributed by atoms with van der Waals surface area (Å²) in [7, 11) is 0.545. The molecule has 1 aliphatic heterocycles. The average molecular weight is 658 g/mol. The zero-order chi connectivity index (χ0) is 33.9. The predicted octanol–water partition coefficient (Wildman–Crippen LogP) is 4.86. The maximum atomic E-state index is 15.0. The Kier molecular flexibility index (Phi) is 10.2. The summed E-state index contributed by atoms with van der Waals surface area (Å²) in [6.07, 6.45) is 0.902. The fraction of sp³-hybridized carbons (Fsp3) is 0.344. The van der Waals surface area contributed by atoms with Gasteiger partial charge in [-0.15, -0.1) is 0 Å². The number of ether oxygens (including phenoxy) is 1. The molecule has 0 aliphatic carbocycles. The summed E-state index contributed by atoms with van der Waals surface area (Å²) in [6.45, 7) is 3.32. The molecule has 1 saturated heterocycles. The van der Waals surface area contributed by atoms with Gasteiger partial charge < -0.3 is 30.9 Å². The summed E-state index contributed by atoms with van der Waals surface area (Å²) < 4.78 is 61.6. The van der Waals surface area contributed by atoms with Crippen LogP contribution in [0.25, 0.3) is 0 Å². The van der Waals surface area contributed by atoms with Crippen LogP contribution in [0.5, 0.6) is 5.75 Å². The highest BCUT2D eigenvalue weighted by Crippen LogP contribution is 2.40. The number of halogens is 2. The standard InChI is InChI=1S/C32H37F2N5O6S/c1-18(2)46(43,44)28-13-10-21(36-32(42)38(3)4)17-22(28)26-7-6-14-39(26)31(41)29(19-8-12-24(34)27(16-19)45-5)37-25-15-20(30(35)40)9-11-23(25)33/h8-13,15-18,26,29,37H,6-7,14H2,1-5H3,(H2,35,40)(H,36,42)/t26-,29-/m1/s1. The maximum Gasteiger partial charge on any atom is 0.321 e. The second-order valence-corrected chi connectivity index (χ2v) is 13.9. The lowest BCUT2D eigenvalue weighted by Gasteiger charge is -2.32. The lowest BCUT2D eigenvalue weighted by Crippen LogP contribution is -2.38. The van der Waals surface area contributed by atoms with Gasteiger partial charge in [-0.05, 0) is 86.3 Å². The molecule has 3 aromatic carbocycles. The van der Waals surface area contributed by atoms with Gasteiger partial charge in [0, 0.05) is 31.9 Å². The van der Waals surface area contributed by atoms with Gasteiger partial charge in [0.15, 0.2) is 21.4 Å². The van der Waals surface area contributed by atoms with Crippen molar-refractivity contribution in [2.75, 3.05) is 38.4 Å². The van der Waals surface area contributed by atoms with Crippen LogP contribution in [0.2, 0.25) is 0 Å². The summed E-state index contributed by atoms with van der Waals surface area (Å²) >= 11 is 0. The number of nitrogens with zero attached hydrogens (tertiary/aromatic N) is 2. The van der Waals surface area contributed by atoms with Crippen molar-refractivity contribution >= 4 is 39.1 Å². The van der Waals surface area contributed by atoms with Gasteiger partial charge in [-0.25, -0.2) is 22.0 Å². The Bertz CT molecular complexity index is 1770. The lowest BCUT2D eigenvalue weighted by atomic mass is 10.0.